The molecule has 0 aliphatic heterocycles. The van der Waals surface area contributed by atoms with E-state index >= 15 is 0 Å². The van der Waals surface area contributed by atoms with E-state index in [4.69, 9.17) is 21.1 Å². The summed E-state index contributed by atoms with van der Waals surface area (Å²) < 4.78 is 10.2. The van der Waals surface area contributed by atoms with Crippen LogP contribution in [0.15, 0.2) is 24.3 Å². The van der Waals surface area contributed by atoms with E-state index in [1.54, 1.807) is 38.5 Å². The number of ether oxygens (including phenoxy) is 2. The summed E-state index contributed by atoms with van der Waals surface area (Å²) in [5.41, 5.74) is 0.742. The Kier molecular flexibility index (Phi) is 4.18. The van der Waals surface area contributed by atoms with Gasteiger partial charge < -0.3 is 9.47 Å². The third-order valence-corrected chi connectivity index (χ3v) is 1.96. The second-order valence-electron chi connectivity index (χ2n) is 2.75. The fourth-order valence-corrected chi connectivity index (χ4v) is 1.19. The normalized spacial score (nSPS) is 10.3. The number of hydrogen-bond acceptors (Lipinski definition) is 3. The molecule has 4 heteroatoms. The standard InChI is InChI=1S/C11H11ClO3/c1-14-9-4-5-10(15-2)8(7-9)3-6-11(12)13/h3-7H,1-2H3. The highest BCUT2D eigenvalue weighted by molar-refractivity contribution is 6.66. The summed E-state index contributed by atoms with van der Waals surface area (Å²) in [5.74, 6) is 1.35. The van der Waals surface area contributed by atoms with Crippen LogP contribution in [0.3, 0.4) is 0 Å². The van der Waals surface area contributed by atoms with Gasteiger partial charge >= 0.3 is 0 Å². The molecule has 0 spiro atoms. The summed E-state index contributed by atoms with van der Waals surface area (Å²) in [6.07, 6.45) is 2.84. The molecule has 1 aromatic carbocycles. The van der Waals surface area contributed by atoms with Gasteiger partial charge in [0.25, 0.3) is 0 Å². The highest BCUT2D eigenvalue weighted by Crippen LogP contribution is 2.25. The van der Waals surface area contributed by atoms with Crippen molar-refractivity contribution >= 4 is 22.9 Å². The van der Waals surface area contributed by atoms with E-state index in [2.05, 4.69) is 0 Å². The highest BCUT2D eigenvalue weighted by atomic mass is 35.5. The van der Waals surface area contributed by atoms with Gasteiger partial charge in [0.15, 0.2) is 0 Å². The molecule has 80 valence electrons. The fourth-order valence-electron chi connectivity index (χ4n) is 1.12. The van der Waals surface area contributed by atoms with Crippen LogP contribution in [0.25, 0.3) is 6.08 Å². The lowest BCUT2D eigenvalue weighted by Gasteiger charge is -2.06. The number of hydrogen-bond donors (Lipinski definition) is 0. The van der Waals surface area contributed by atoms with Crippen LogP contribution in [0, 0.1) is 0 Å². The zero-order valence-electron chi connectivity index (χ0n) is 8.49. The van der Waals surface area contributed by atoms with Crippen LogP contribution in [0.2, 0.25) is 0 Å². The first kappa shape index (κ1) is 11.6. The zero-order chi connectivity index (χ0) is 11.3. The minimum Gasteiger partial charge on any atom is -0.497 e. The molecule has 0 atom stereocenters. The molecule has 0 fully saturated rings. The van der Waals surface area contributed by atoms with Crippen LogP contribution >= 0.6 is 11.6 Å². The predicted molar refractivity (Wildman–Crippen MR) is 59.4 cm³/mol. The van der Waals surface area contributed by atoms with Gasteiger partial charge in [-0.15, -0.1) is 0 Å². The molecule has 15 heavy (non-hydrogen) atoms. The van der Waals surface area contributed by atoms with Crippen LogP contribution in [0.4, 0.5) is 0 Å². The number of benzene rings is 1. The van der Waals surface area contributed by atoms with Crippen LogP contribution in [-0.2, 0) is 4.79 Å². The van der Waals surface area contributed by atoms with Crippen molar-refractivity contribution in [1.29, 1.82) is 0 Å². The van der Waals surface area contributed by atoms with Gasteiger partial charge in [-0.3, -0.25) is 4.79 Å². The smallest absolute Gasteiger partial charge is 0.245 e. The lowest BCUT2D eigenvalue weighted by atomic mass is 10.2. The predicted octanol–water partition coefficient (Wildman–Crippen LogP) is 2.48. The second kappa shape index (κ2) is 5.41. The number of allylic oxidation sites excluding steroid dienone is 1. The average Bonchev–Trinajstić information content (AvgIpc) is 2.25. The van der Waals surface area contributed by atoms with Gasteiger partial charge in [-0.05, 0) is 42.0 Å². The Morgan fingerprint density at radius 1 is 1.33 bits per heavy atom. The molecular formula is C11H11ClO3. The molecule has 1 aromatic rings. The molecule has 0 unspecified atom stereocenters. The maximum atomic E-state index is 10.6. The molecule has 1 rings (SSSR count). The van der Waals surface area contributed by atoms with E-state index in [-0.39, 0.29) is 0 Å². The Bertz CT molecular complexity index is 385. The van der Waals surface area contributed by atoms with E-state index in [1.165, 1.54) is 6.08 Å². The number of halogens is 1. The van der Waals surface area contributed by atoms with Crippen molar-refractivity contribution in [3.63, 3.8) is 0 Å². The Balaban J connectivity index is 3.06. The third kappa shape index (κ3) is 3.29. The van der Waals surface area contributed by atoms with Gasteiger partial charge in [-0.1, -0.05) is 0 Å². The van der Waals surface area contributed by atoms with Gasteiger partial charge in [-0.2, -0.15) is 0 Å². The molecule has 3 nitrogen and oxygen atoms in total. The first-order chi connectivity index (χ1) is 7.17. The van der Waals surface area contributed by atoms with Crippen LogP contribution < -0.4 is 9.47 Å². The highest BCUT2D eigenvalue weighted by Gasteiger charge is 2.01. The van der Waals surface area contributed by atoms with Crippen LogP contribution in [0.5, 0.6) is 11.5 Å². The largest absolute Gasteiger partial charge is 0.497 e. The summed E-state index contributed by atoms with van der Waals surface area (Å²) in [6.45, 7) is 0. The van der Waals surface area contributed by atoms with E-state index < -0.39 is 5.24 Å². The summed E-state index contributed by atoms with van der Waals surface area (Å²) in [4.78, 5) is 10.6. The molecule has 0 N–H and O–H groups in total. The lowest BCUT2D eigenvalue weighted by Crippen LogP contribution is -1.89. The Hall–Kier alpha value is -1.48. The number of carbonyl (C=O) groups excluding carboxylic acids is 1. The molecular weight excluding hydrogens is 216 g/mol. The average molecular weight is 227 g/mol. The SMILES string of the molecule is COc1ccc(OC)c(C=CC(=O)Cl)c1. The number of carbonyl (C=O) groups is 1. The Morgan fingerprint density at radius 3 is 2.60 bits per heavy atom. The first-order valence-corrected chi connectivity index (χ1v) is 4.64. The Morgan fingerprint density at radius 2 is 2.07 bits per heavy atom. The molecule has 0 aromatic heterocycles. The van der Waals surface area contributed by atoms with Gasteiger partial charge in [0.1, 0.15) is 11.5 Å². The molecule has 0 saturated heterocycles. The lowest BCUT2D eigenvalue weighted by molar-refractivity contribution is -0.107. The molecule has 0 aliphatic rings. The van der Waals surface area contributed by atoms with Crippen molar-refractivity contribution in [1.82, 2.24) is 0 Å². The maximum Gasteiger partial charge on any atom is 0.245 e. The molecule has 0 radical (unpaired) electrons. The first-order valence-electron chi connectivity index (χ1n) is 4.27. The number of rotatable bonds is 4. The number of methoxy groups -OCH3 is 2. The van der Waals surface area contributed by atoms with Crippen LogP contribution in [0.1, 0.15) is 5.56 Å². The minimum absolute atomic E-state index is 0.528. The van der Waals surface area contributed by atoms with Gasteiger partial charge in [-0.25, -0.2) is 0 Å². The van der Waals surface area contributed by atoms with Crippen molar-refractivity contribution in [2.24, 2.45) is 0 Å². The van der Waals surface area contributed by atoms with E-state index in [1.807, 2.05) is 0 Å². The van der Waals surface area contributed by atoms with Crippen molar-refractivity contribution in [2.45, 2.75) is 0 Å². The molecule has 0 heterocycles. The maximum absolute atomic E-state index is 10.6. The molecule has 0 saturated carbocycles. The summed E-state index contributed by atoms with van der Waals surface area (Å²) in [6, 6.07) is 5.30. The molecule has 0 aliphatic carbocycles. The van der Waals surface area contributed by atoms with Crippen LogP contribution in [-0.4, -0.2) is 19.5 Å². The minimum atomic E-state index is -0.528. The molecule has 0 amide bonds. The Labute approximate surface area is 93.3 Å². The fraction of sp³-hybridized carbons (Fsp3) is 0.182. The zero-order valence-corrected chi connectivity index (χ0v) is 9.25. The van der Waals surface area contributed by atoms with Gasteiger partial charge in [0, 0.05) is 5.56 Å². The summed E-state index contributed by atoms with van der Waals surface area (Å²) in [7, 11) is 3.13. The monoisotopic (exact) mass is 226 g/mol. The molecule has 0 bridgehead atoms. The third-order valence-electron chi connectivity index (χ3n) is 1.83. The summed E-state index contributed by atoms with van der Waals surface area (Å²) >= 11 is 5.20. The summed E-state index contributed by atoms with van der Waals surface area (Å²) in [5, 5.41) is -0.528. The van der Waals surface area contributed by atoms with Crippen molar-refractivity contribution in [3.05, 3.63) is 29.8 Å². The van der Waals surface area contributed by atoms with E-state index in [0.29, 0.717) is 11.5 Å². The quantitative estimate of drug-likeness (QED) is 0.585. The van der Waals surface area contributed by atoms with E-state index in [0.717, 1.165) is 5.56 Å². The topological polar surface area (TPSA) is 35.5 Å². The second-order valence-corrected chi connectivity index (χ2v) is 3.12. The van der Waals surface area contributed by atoms with Gasteiger partial charge in [0.2, 0.25) is 5.24 Å². The van der Waals surface area contributed by atoms with Crippen molar-refractivity contribution < 1.29 is 14.3 Å². The van der Waals surface area contributed by atoms with Gasteiger partial charge in [0.05, 0.1) is 14.2 Å². The van der Waals surface area contributed by atoms with Crippen molar-refractivity contribution in [2.75, 3.05) is 14.2 Å². The van der Waals surface area contributed by atoms with E-state index in [9.17, 15) is 4.79 Å². The van der Waals surface area contributed by atoms with Crippen molar-refractivity contribution in [3.8, 4) is 11.5 Å².